The van der Waals surface area contributed by atoms with Crippen molar-refractivity contribution in [1.82, 2.24) is 0 Å². The van der Waals surface area contributed by atoms with Crippen LogP contribution in [0.2, 0.25) is 0 Å². The standard InChI is InChI=1S/C19H16BrNO2/c1-2-3-13-4-7-15(8-5-13)19(23)16(12-21)10-14-6-9-18(22)17(20)11-14/h4-11,22H,2-3H2,1H3/b16-10-. The highest BCUT2D eigenvalue weighted by molar-refractivity contribution is 9.10. The Labute approximate surface area is 144 Å². The van der Waals surface area contributed by atoms with E-state index < -0.39 is 0 Å². The van der Waals surface area contributed by atoms with E-state index in [-0.39, 0.29) is 17.1 Å². The Hall–Kier alpha value is -2.38. The molecule has 0 saturated carbocycles. The summed E-state index contributed by atoms with van der Waals surface area (Å²) in [6, 6.07) is 14.1. The maximum atomic E-state index is 12.4. The van der Waals surface area contributed by atoms with Gasteiger partial charge in [-0.25, -0.2) is 0 Å². The number of phenols is 1. The molecule has 2 aromatic rings. The van der Waals surface area contributed by atoms with Gasteiger partial charge in [0.1, 0.15) is 17.4 Å². The molecule has 0 aliphatic heterocycles. The fourth-order valence-corrected chi connectivity index (χ4v) is 2.59. The molecule has 0 aromatic heterocycles. The monoisotopic (exact) mass is 369 g/mol. The Morgan fingerprint density at radius 2 is 1.96 bits per heavy atom. The van der Waals surface area contributed by atoms with Crippen LogP contribution in [0.15, 0.2) is 52.5 Å². The van der Waals surface area contributed by atoms with Gasteiger partial charge < -0.3 is 5.11 Å². The molecule has 4 heteroatoms. The minimum absolute atomic E-state index is 0.0610. The van der Waals surface area contributed by atoms with E-state index in [1.807, 2.05) is 18.2 Å². The van der Waals surface area contributed by atoms with Crippen molar-refractivity contribution in [2.24, 2.45) is 0 Å². The molecule has 2 rings (SSSR count). The maximum Gasteiger partial charge on any atom is 0.203 e. The Bertz CT molecular complexity index is 786. The summed E-state index contributed by atoms with van der Waals surface area (Å²) in [6.07, 6.45) is 3.54. The molecule has 0 aliphatic rings. The molecule has 3 nitrogen and oxygen atoms in total. The fraction of sp³-hybridized carbons (Fsp3) is 0.158. The van der Waals surface area contributed by atoms with Crippen LogP contribution in [0.5, 0.6) is 5.75 Å². The van der Waals surface area contributed by atoms with Crippen LogP contribution in [0.4, 0.5) is 0 Å². The number of nitrogens with zero attached hydrogens (tertiary/aromatic N) is 1. The lowest BCUT2D eigenvalue weighted by Gasteiger charge is -2.03. The predicted molar refractivity (Wildman–Crippen MR) is 94.2 cm³/mol. The Morgan fingerprint density at radius 3 is 2.52 bits per heavy atom. The third-order valence-electron chi connectivity index (χ3n) is 3.40. The van der Waals surface area contributed by atoms with E-state index in [1.165, 1.54) is 17.7 Å². The quantitative estimate of drug-likeness (QED) is 0.463. The predicted octanol–water partition coefficient (Wildman–Crippen LogP) is 4.90. The molecule has 0 bridgehead atoms. The topological polar surface area (TPSA) is 61.1 Å². The molecule has 116 valence electrons. The number of aryl methyl sites for hydroxylation is 1. The number of aromatic hydroxyl groups is 1. The largest absolute Gasteiger partial charge is 0.507 e. The minimum atomic E-state index is -0.306. The lowest BCUT2D eigenvalue weighted by atomic mass is 10.00. The maximum absolute atomic E-state index is 12.4. The van der Waals surface area contributed by atoms with Crippen molar-refractivity contribution in [3.8, 4) is 11.8 Å². The van der Waals surface area contributed by atoms with E-state index >= 15 is 0 Å². The van der Waals surface area contributed by atoms with Crippen LogP contribution >= 0.6 is 15.9 Å². The summed E-state index contributed by atoms with van der Waals surface area (Å²) < 4.78 is 0.514. The molecule has 2 aromatic carbocycles. The van der Waals surface area contributed by atoms with Gasteiger partial charge in [0.15, 0.2) is 0 Å². The molecule has 0 aliphatic carbocycles. The van der Waals surface area contributed by atoms with Gasteiger partial charge in [0, 0.05) is 5.56 Å². The number of hydrogen-bond donors (Lipinski definition) is 1. The summed E-state index contributed by atoms with van der Waals surface area (Å²) in [6.45, 7) is 2.10. The highest BCUT2D eigenvalue weighted by atomic mass is 79.9. The summed E-state index contributed by atoms with van der Waals surface area (Å²) >= 11 is 3.22. The van der Waals surface area contributed by atoms with E-state index in [2.05, 4.69) is 22.9 Å². The molecule has 23 heavy (non-hydrogen) atoms. The number of carbonyl (C=O) groups excluding carboxylic acids is 1. The van der Waals surface area contributed by atoms with Gasteiger partial charge in [-0.2, -0.15) is 5.26 Å². The smallest absolute Gasteiger partial charge is 0.203 e. The number of allylic oxidation sites excluding steroid dienone is 1. The summed E-state index contributed by atoms with van der Waals surface area (Å²) in [5, 5.41) is 18.8. The SMILES string of the molecule is CCCc1ccc(C(=O)/C(C#N)=C\c2ccc(O)c(Br)c2)cc1. The summed E-state index contributed by atoms with van der Waals surface area (Å²) in [4.78, 5) is 12.4. The highest BCUT2D eigenvalue weighted by Crippen LogP contribution is 2.25. The average molecular weight is 370 g/mol. The Kier molecular flexibility index (Phi) is 5.72. The van der Waals surface area contributed by atoms with E-state index in [9.17, 15) is 15.2 Å². The van der Waals surface area contributed by atoms with Crippen molar-refractivity contribution >= 4 is 27.8 Å². The number of Topliss-reactive ketones (excluding diaryl/α,β-unsaturated/α-hetero) is 1. The van der Waals surface area contributed by atoms with Gasteiger partial charge in [0.05, 0.1) is 4.47 Å². The third-order valence-corrected chi connectivity index (χ3v) is 4.04. The number of rotatable bonds is 5. The van der Waals surface area contributed by atoms with Crippen LogP contribution in [0, 0.1) is 11.3 Å². The van der Waals surface area contributed by atoms with Gasteiger partial charge in [-0.3, -0.25) is 4.79 Å². The number of ketones is 1. The molecule has 0 heterocycles. The average Bonchev–Trinajstić information content (AvgIpc) is 2.56. The first-order valence-electron chi connectivity index (χ1n) is 7.29. The van der Waals surface area contributed by atoms with Crippen LogP contribution in [0.25, 0.3) is 6.08 Å². The van der Waals surface area contributed by atoms with Gasteiger partial charge in [-0.05, 0) is 51.7 Å². The van der Waals surface area contributed by atoms with Crippen LogP contribution in [-0.4, -0.2) is 10.9 Å². The van der Waals surface area contributed by atoms with Crippen molar-refractivity contribution in [3.05, 3.63) is 69.2 Å². The van der Waals surface area contributed by atoms with Crippen molar-refractivity contribution in [3.63, 3.8) is 0 Å². The van der Waals surface area contributed by atoms with E-state index in [1.54, 1.807) is 24.3 Å². The second kappa shape index (κ2) is 7.75. The molecule has 0 spiro atoms. The number of nitriles is 1. The first-order chi connectivity index (χ1) is 11.0. The normalized spacial score (nSPS) is 11.1. The molecule has 0 atom stereocenters. The number of halogens is 1. The molecular formula is C19H16BrNO2. The van der Waals surface area contributed by atoms with Gasteiger partial charge in [-0.15, -0.1) is 0 Å². The lowest BCUT2D eigenvalue weighted by molar-refractivity contribution is 0.104. The van der Waals surface area contributed by atoms with E-state index in [0.29, 0.717) is 15.6 Å². The number of hydrogen-bond acceptors (Lipinski definition) is 3. The summed E-state index contributed by atoms with van der Waals surface area (Å²) in [5.74, 6) is -0.196. The van der Waals surface area contributed by atoms with Crippen LogP contribution < -0.4 is 0 Å². The minimum Gasteiger partial charge on any atom is -0.507 e. The molecule has 0 saturated heterocycles. The first kappa shape index (κ1) is 17.0. The Morgan fingerprint density at radius 1 is 1.26 bits per heavy atom. The zero-order valence-electron chi connectivity index (χ0n) is 12.7. The number of benzene rings is 2. The summed E-state index contributed by atoms with van der Waals surface area (Å²) in [7, 11) is 0. The van der Waals surface area contributed by atoms with E-state index in [0.717, 1.165) is 12.8 Å². The lowest BCUT2D eigenvalue weighted by Crippen LogP contribution is -2.02. The zero-order chi connectivity index (χ0) is 16.8. The second-order valence-corrected chi connectivity index (χ2v) is 6.01. The van der Waals surface area contributed by atoms with Gasteiger partial charge in [0.2, 0.25) is 5.78 Å². The van der Waals surface area contributed by atoms with Crippen molar-refractivity contribution in [2.75, 3.05) is 0 Å². The third kappa shape index (κ3) is 4.30. The molecule has 0 fully saturated rings. The van der Waals surface area contributed by atoms with Gasteiger partial charge >= 0.3 is 0 Å². The van der Waals surface area contributed by atoms with E-state index in [4.69, 9.17) is 0 Å². The van der Waals surface area contributed by atoms with Crippen molar-refractivity contribution in [2.45, 2.75) is 19.8 Å². The molecular weight excluding hydrogens is 354 g/mol. The first-order valence-corrected chi connectivity index (χ1v) is 8.08. The van der Waals surface area contributed by atoms with Gasteiger partial charge in [-0.1, -0.05) is 43.7 Å². The number of carbonyl (C=O) groups is 1. The Balaban J connectivity index is 2.29. The van der Waals surface area contributed by atoms with Crippen LogP contribution in [0.1, 0.15) is 34.8 Å². The molecule has 0 unspecified atom stereocenters. The van der Waals surface area contributed by atoms with Crippen LogP contribution in [0.3, 0.4) is 0 Å². The van der Waals surface area contributed by atoms with Crippen LogP contribution in [-0.2, 0) is 6.42 Å². The molecule has 0 radical (unpaired) electrons. The van der Waals surface area contributed by atoms with Crippen molar-refractivity contribution in [1.29, 1.82) is 5.26 Å². The molecule has 0 amide bonds. The number of phenolic OH excluding ortho intramolecular Hbond substituents is 1. The zero-order valence-corrected chi connectivity index (χ0v) is 14.3. The second-order valence-electron chi connectivity index (χ2n) is 5.16. The highest BCUT2D eigenvalue weighted by Gasteiger charge is 2.12. The van der Waals surface area contributed by atoms with Crippen molar-refractivity contribution < 1.29 is 9.90 Å². The fourth-order valence-electron chi connectivity index (χ4n) is 2.20. The summed E-state index contributed by atoms with van der Waals surface area (Å²) in [5.41, 5.74) is 2.40. The van der Waals surface area contributed by atoms with Gasteiger partial charge in [0.25, 0.3) is 0 Å². The molecule has 1 N–H and O–H groups in total.